The molecular formula is C11H21NO2. The summed E-state index contributed by atoms with van der Waals surface area (Å²) in [6.07, 6.45) is 4.17. The summed E-state index contributed by atoms with van der Waals surface area (Å²) in [4.78, 5) is 13.5. The molecule has 1 aliphatic heterocycles. The SMILES string of the molecule is CC.O=C(C1CC1)N1CCCC1CO. The molecule has 1 atom stereocenters. The molecule has 1 saturated carbocycles. The van der Waals surface area contributed by atoms with E-state index >= 15 is 0 Å². The Balaban J connectivity index is 0.000000461. The maximum atomic E-state index is 11.6. The summed E-state index contributed by atoms with van der Waals surface area (Å²) in [6, 6.07) is 0.123. The molecule has 0 spiro atoms. The maximum Gasteiger partial charge on any atom is 0.226 e. The average Bonchev–Trinajstić information content (AvgIpc) is 2.98. The highest BCUT2D eigenvalue weighted by Crippen LogP contribution is 2.33. The van der Waals surface area contributed by atoms with Crippen LogP contribution >= 0.6 is 0 Å². The number of aliphatic hydroxyl groups is 1. The lowest BCUT2D eigenvalue weighted by molar-refractivity contribution is -0.134. The molecule has 1 heterocycles. The van der Waals surface area contributed by atoms with Gasteiger partial charge in [-0.3, -0.25) is 4.79 Å². The van der Waals surface area contributed by atoms with E-state index in [4.69, 9.17) is 5.11 Å². The lowest BCUT2D eigenvalue weighted by atomic mass is 10.2. The summed E-state index contributed by atoms with van der Waals surface area (Å²) < 4.78 is 0. The molecule has 14 heavy (non-hydrogen) atoms. The van der Waals surface area contributed by atoms with Crippen molar-refractivity contribution in [2.24, 2.45) is 5.92 Å². The summed E-state index contributed by atoms with van der Waals surface area (Å²) in [5, 5.41) is 8.99. The molecule has 0 aromatic rings. The van der Waals surface area contributed by atoms with Gasteiger partial charge in [0.05, 0.1) is 12.6 Å². The van der Waals surface area contributed by atoms with E-state index in [-0.39, 0.29) is 18.6 Å². The van der Waals surface area contributed by atoms with Crippen LogP contribution in [0.5, 0.6) is 0 Å². The third-order valence-electron chi connectivity index (χ3n) is 2.80. The van der Waals surface area contributed by atoms with Crippen molar-refractivity contribution in [2.45, 2.75) is 45.6 Å². The molecule has 1 aliphatic carbocycles. The minimum Gasteiger partial charge on any atom is -0.394 e. The third-order valence-corrected chi connectivity index (χ3v) is 2.80. The quantitative estimate of drug-likeness (QED) is 0.730. The summed E-state index contributed by atoms with van der Waals surface area (Å²) >= 11 is 0. The number of hydrogen-bond acceptors (Lipinski definition) is 2. The molecule has 82 valence electrons. The lowest BCUT2D eigenvalue weighted by Crippen LogP contribution is -2.38. The van der Waals surface area contributed by atoms with E-state index in [0.29, 0.717) is 5.92 Å². The van der Waals surface area contributed by atoms with Crippen molar-refractivity contribution in [2.75, 3.05) is 13.2 Å². The van der Waals surface area contributed by atoms with E-state index in [1.807, 2.05) is 18.7 Å². The first-order valence-electron chi connectivity index (χ1n) is 5.74. The van der Waals surface area contributed by atoms with Crippen molar-refractivity contribution >= 4 is 5.91 Å². The molecule has 3 heteroatoms. The van der Waals surface area contributed by atoms with Gasteiger partial charge in [0.15, 0.2) is 0 Å². The fourth-order valence-electron chi connectivity index (χ4n) is 1.88. The third kappa shape index (κ3) is 2.47. The van der Waals surface area contributed by atoms with Crippen LogP contribution in [0.2, 0.25) is 0 Å². The molecule has 2 aliphatic rings. The Kier molecular flexibility index (Phi) is 4.39. The lowest BCUT2D eigenvalue weighted by Gasteiger charge is -2.22. The van der Waals surface area contributed by atoms with Gasteiger partial charge < -0.3 is 10.0 Å². The second-order valence-electron chi connectivity index (χ2n) is 3.78. The molecule has 0 aromatic heterocycles. The van der Waals surface area contributed by atoms with Crippen LogP contribution in [0.4, 0.5) is 0 Å². The zero-order valence-corrected chi connectivity index (χ0v) is 9.20. The minimum atomic E-state index is 0.123. The van der Waals surface area contributed by atoms with Gasteiger partial charge in [0.2, 0.25) is 5.91 Å². The normalized spacial score (nSPS) is 25.6. The average molecular weight is 199 g/mol. The molecule has 1 saturated heterocycles. The Labute approximate surface area is 86.1 Å². The summed E-state index contributed by atoms with van der Waals surface area (Å²) in [6.45, 7) is 5.00. The van der Waals surface area contributed by atoms with E-state index in [1.165, 1.54) is 0 Å². The van der Waals surface area contributed by atoms with Gasteiger partial charge in [0, 0.05) is 12.5 Å². The van der Waals surface area contributed by atoms with Crippen LogP contribution in [0.15, 0.2) is 0 Å². The van der Waals surface area contributed by atoms with Gasteiger partial charge in [-0.15, -0.1) is 0 Å². The second kappa shape index (κ2) is 5.35. The zero-order valence-electron chi connectivity index (χ0n) is 9.20. The number of rotatable bonds is 2. The largest absolute Gasteiger partial charge is 0.394 e. The monoisotopic (exact) mass is 199 g/mol. The van der Waals surface area contributed by atoms with E-state index < -0.39 is 0 Å². The number of aliphatic hydroxyl groups excluding tert-OH is 1. The number of hydrogen-bond donors (Lipinski definition) is 1. The molecule has 1 amide bonds. The fourth-order valence-corrected chi connectivity index (χ4v) is 1.88. The van der Waals surface area contributed by atoms with Gasteiger partial charge in [0.1, 0.15) is 0 Å². The smallest absolute Gasteiger partial charge is 0.226 e. The van der Waals surface area contributed by atoms with Crippen LogP contribution < -0.4 is 0 Å². The van der Waals surface area contributed by atoms with Crippen LogP contribution in [-0.4, -0.2) is 35.1 Å². The van der Waals surface area contributed by atoms with Crippen LogP contribution in [-0.2, 0) is 4.79 Å². The second-order valence-corrected chi connectivity index (χ2v) is 3.78. The molecule has 2 fully saturated rings. The molecule has 0 aromatic carbocycles. The molecular weight excluding hydrogens is 178 g/mol. The summed E-state index contributed by atoms with van der Waals surface area (Å²) in [5.74, 6) is 0.587. The van der Waals surface area contributed by atoms with E-state index in [0.717, 1.165) is 32.2 Å². The Morgan fingerprint density at radius 2 is 2.00 bits per heavy atom. The Bertz CT molecular complexity index is 190. The van der Waals surface area contributed by atoms with Crippen LogP contribution in [0.1, 0.15) is 39.5 Å². The Hall–Kier alpha value is -0.570. The molecule has 3 nitrogen and oxygen atoms in total. The number of nitrogens with zero attached hydrogens (tertiary/aromatic N) is 1. The van der Waals surface area contributed by atoms with Crippen molar-refractivity contribution in [3.05, 3.63) is 0 Å². The highest BCUT2D eigenvalue weighted by Gasteiger charge is 2.37. The fraction of sp³-hybridized carbons (Fsp3) is 0.909. The zero-order chi connectivity index (χ0) is 10.6. The molecule has 0 radical (unpaired) electrons. The van der Waals surface area contributed by atoms with E-state index in [9.17, 15) is 4.79 Å². The van der Waals surface area contributed by atoms with Crippen molar-refractivity contribution in [1.82, 2.24) is 4.90 Å². The van der Waals surface area contributed by atoms with Crippen molar-refractivity contribution in [3.63, 3.8) is 0 Å². The van der Waals surface area contributed by atoms with Crippen molar-refractivity contribution in [3.8, 4) is 0 Å². The predicted molar refractivity (Wildman–Crippen MR) is 55.9 cm³/mol. The van der Waals surface area contributed by atoms with Gasteiger partial charge >= 0.3 is 0 Å². The standard InChI is InChI=1S/C9H15NO2.C2H6/c11-6-8-2-1-5-10(8)9(12)7-3-4-7;1-2/h7-8,11H,1-6H2;1-2H3. The van der Waals surface area contributed by atoms with Gasteiger partial charge in [0.25, 0.3) is 0 Å². The maximum absolute atomic E-state index is 11.6. The van der Waals surface area contributed by atoms with Gasteiger partial charge in [-0.25, -0.2) is 0 Å². The molecule has 2 rings (SSSR count). The number of carbonyl (C=O) groups is 1. The van der Waals surface area contributed by atoms with E-state index in [2.05, 4.69) is 0 Å². The van der Waals surface area contributed by atoms with Gasteiger partial charge in [-0.05, 0) is 25.7 Å². The Morgan fingerprint density at radius 3 is 2.50 bits per heavy atom. The molecule has 1 unspecified atom stereocenters. The number of carbonyl (C=O) groups excluding carboxylic acids is 1. The van der Waals surface area contributed by atoms with Gasteiger partial charge in [-0.1, -0.05) is 13.8 Å². The Morgan fingerprint density at radius 1 is 1.36 bits per heavy atom. The van der Waals surface area contributed by atoms with Gasteiger partial charge in [-0.2, -0.15) is 0 Å². The van der Waals surface area contributed by atoms with Crippen LogP contribution in [0.25, 0.3) is 0 Å². The predicted octanol–water partition coefficient (Wildman–Crippen LogP) is 1.41. The minimum absolute atomic E-state index is 0.123. The van der Waals surface area contributed by atoms with Crippen LogP contribution in [0.3, 0.4) is 0 Å². The summed E-state index contributed by atoms with van der Waals surface area (Å²) in [7, 11) is 0. The first-order valence-corrected chi connectivity index (χ1v) is 5.74. The van der Waals surface area contributed by atoms with Crippen LogP contribution in [0, 0.1) is 5.92 Å². The highest BCUT2D eigenvalue weighted by atomic mass is 16.3. The molecule has 1 N–H and O–H groups in total. The number of amides is 1. The topological polar surface area (TPSA) is 40.5 Å². The summed E-state index contributed by atoms with van der Waals surface area (Å²) in [5.41, 5.74) is 0. The highest BCUT2D eigenvalue weighted by molar-refractivity contribution is 5.81. The van der Waals surface area contributed by atoms with Crippen molar-refractivity contribution < 1.29 is 9.90 Å². The first-order chi connectivity index (χ1) is 6.83. The first kappa shape index (κ1) is 11.5. The van der Waals surface area contributed by atoms with E-state index in [1.54, 1.807) is 0 Å². The van der Waals surface area contributed by atoms with Crippen molar-refractivity contribution in [1.29, 1.82) is 0 Å². The number of likely N-dealkylation sites (tertiary alicyclic amines) is 1. The molecule has 0 bridgehead atoms.